The standard InChI is InChI=1S/C12H18N4O4/c1-16-5-4-13-9(16)8-14-11(19)15-12(10(17)18)2-6-20-7-3-12/h4-5H,2-3,6-8H2,1H3,(H,17,18)(H2,14,15,19). The highest BCUT2D eigenvalue weighted by atomic mass is 16.5. The van der Waals surface area contributed by atoms with Gasteiger partial charge in [-0.25, -0.2) is 14.6 Å². The van der Waals surface area contributed by atoms with Crippen LogP contribution in [0.4, 0.5) is 4.79 Å². The van der Waals surface area contributed by atoms with Gasteiger partial charge in [-0.05, 0) is 0 Å². The van der Waals surface area contributed by atoms with Crippen molar-refractivity contribution in [2.24, 2.45) is 7.05 Å². The van der Waals surface area contributed by atoms with Gasteiger partial charge in [-0.1, -0.05) is 0 Å². The van der Waals surface area contributed by atoms with Gasteiger partial charge in [0, 0.05) is 45.5 Å². The van der Waals surface area contributed by atoms with Crippen LogP contribution >= 0.6 is 0 Å². The minimum atomic E-state index is -1.25. The monoisotopic (exact) mass is 282 g/mol. The molecule has 0 unspecified atom stereocenters. The molecule has 1 aromatic rings. The van der Waals surface area contributed by atoms with Crippen molar-refractivity contribution < 1.29 is 19.4 Å². The number of rotatable bonds is 4. The summed E-state index contributed by atoms with van der Waals surface area (Å²) in [5.41, 5.74) is -1.25. The van der Waals surface area contributed by atoms with Crippen LogP contribution in [0.2, 0.25) is 0 Å². The predicted molar refractivity (Wildman–Crippen MR) is 69.0 cm³/mol. The van der Waals surface area contributed by atoms with Gasteiger partial charge in [0.25, 0.3) is 0 Å². The highest BCUT2D eigenvalue weighted by Crippen LogP contribution is 2.20. The number of ether oxygens (including phenoxy) is 1. The third-order valence-electron chi connectivity index (χ3n) is 3.44. The first-order chi connectivity index (χ1) is 9.53. The maximum atomic E-state index is 11.9. The number of aliphatic carboxylic acids is 1. The molecule has 0 bridgehead atoms. The van der Waals surface area contributed by atoms with Gasteiger partial charge < -0.3 is 25.0 Å². The first-order valence-electron chi connectivity index (χ1n) is 6.37. The van der Waals surface area contributed by atoms with E-state index in [0.29, 0.717) is 19.0 Å². The predicted octanol–water partition coefficient (Wildman–Crippen LogP) is -0.147. The van der Waals surface area contributed by atoms with Crippen molar-refractivity contribution in [3.8, 4) is 0 Å². The quantitative estimate of drug-likeness (QED) is 0.712. The number of aryl methyl sites for hydroxylation is 1. The number of carbonyl (C=O) groups excluding carboxylic acids is 1. The molecule has 110 valence electrons. The summed E-state index contributed by atoms with van der Waals surface area (Å²) in [5.74, 6) is -0.343. The van der Waals surface area contributed by atoms with Crippen LogP contribution in [0.5, 0.6) is 0 Å². The zero-order chi connectivity index (χ0) is 14.6. The van der Waals surface area contributed by atoms with Gasteiger partial charge in [0.05, 0.1) is 6.54 Å². The molecule has 0 aromatic carbocycles. The molecule has 1 fully saturated rings. The SMILES string of the molecule is Cn1ccnc1CNC(=O)NC1(C(=O)O)CCOCC1. The molecule has 0 aliphatic carbocycles. The van der Waals surface area contributed by atoms with E-state index < -0.39 is 17.5 Å². The number of imidazole rings is 1. The lowest BCUT2D eigenvalue weighted by Crippen LogP contribution is -2.59. The first-order valence-corrected chi connectivity index (χ1v) is 6.37. The molecule has 3 N–H and O–H groups in total. The van der Waals surface area contributed by atoms with Crippen molar-refractivity contribution in [2.75, 3.05) is 13.2 Å². The number of aromatic nitrogens is 2. The minimum absolute atomic E-state index is 0.238. The van der Waals surface area contributed by atoms with Crippen LogP contribution in [-0.2, 0) is 23.1 Å². The second-order valence-corrected chi connectivity index (χ2v) is 4.76. The van der Waals surface area contributed by atoms with Gasteiger partial charge in [0.15, 0.2) is 0 Å². The molecule has 20 heavy (non-hydrogen) atoms. The van der Waals surface area contributed by atoms with Gasteiger partial charge in [0.1, 0.15) is 11.4 Å². The van der Waals surface area contributed by atoms with Crippen LogP contribution in [0.3, 0.4) is 0 Å². The first kappa shape index (κ1) is 14.3. The fourth-order valence-corrected chi connectivity index (χ4v) is 2.10. The fraction of sp³-hybridized carbons (Fsp3) is 0.583. The number of nitrogens with one attached hydrogen (secondary N) is 2. The summed E-state index contributed by atoms with van der Waals surface area (Å²) in [5, 5.41) is 14.5. The van der Waals surface area contributed by atoms with E-state index in [1.54, 1.807) is 17.0 Å². The molecule has 1 saturated heterocycles. The Labute approximate surface area is 116 Å². The van der Waals surface area contributed by atoms with Crippen LogP contribution in [0.1, 0.15) is 18.7 Å². The average molecular weight is 282 g/mol. The van der Waals surface area contributed by atoms with Crippen LogP contribution in [0.25, 0.3) is 0 Å². The molecule has 2 amide bonds. The molecule has 0 radical (unpaired) electrons. The van der Waals surface area contributed by atoms with E-state index in [-0.39, 0.29) is 19.4 Å². The van der Waals surface area contributed by atoms with E-state index in [2.05, 4.69) is 15.6 Å². The van der Waals surface area contributed by atoms with Gasteiger partial charge in [-0.2, -0.15) is 0 Å². The number of hydrogen-bond acceptors (Lipinski definition) is 4. The molecule has 2 rings (SSSR count). The summed E-state index contributed by atoms with van der Waals surface area (Å²) in [4.78, 5) is 27.3. The summed E-state index contributed by atoms with van der Waals surface area (Å²) in [6.07, 6.45) is 3.93. The molecule has 0 atom stereocenters. The summed E-state index contributed by atoms with van der Waals surface area (Å²) in [6.45, 7) is 0.888. The highest BCUT2D eigenvalue weighted by Gasteiger charge is 2.41. The van der Waals surface area contributed by atoms with Crippen molar-refractivity contribution in [1.82, 2.24) is 20.2 Å². The largest absolute Gasteiger partial charge is 0.480 e. The van der Waals surface area contributed by atoms with Crippen LogP contribution in [0, 0.1) is 0 Å². The van der Waals surface area contributed by atoms with E-state index in [0.717, 1.165) is 0 Å². The molecule has 0 saturated carbocycles. The zero-order valence-electron chi connectivity index (χ0n) is 11.3. The lowest BCUT2D eigenvalue weighted by Gasteiger charge is -2.33. The Balaban J connectivity index is 1.92. The second kappa shape index (κ2) is 5.91. The molecule has 1 aromatic heterocycles. The van der Waals surface area contributed by atoms with E-state index in [1.165, 1.54) is 0 Å². The summed E-state index contributed by atoms with van der Waals surface area (Å²) < 4.78 is 6.92. The number of carboxylic acids is 1. The van der Waals surface area contributed by atoms with Crippen molar-refractivity contribution in [3.63, 3.8) is 0 Å². The van der Waals surface area contributed by atoms with Crippen molar-refractivity contribution in [1.29, 1.82) is 0 Å². The second-order valence-electron chi connectivity index (χ2n) is 4.76. The van der Waals surface area contributed by atoms with Crippen LogP contribution in [0.15, 0.2) is 12.4 Å². The van der Waals surface area contributed by atoms with Crippen LogP contribution < -0.4 is 10.6 Å². The topological polar surface area (TPSA) is 105 Å². The molecule has 0 spiro atoms. The Morgan fingerprint density at radius 2 is 2.20 bits per heavy atom. The zero-order valence-corrected chi connectivity index (χ0v) is 11.3. The fourth-order valence-electron chi connectivity index (χ4n) is 2.10. The normalized spacial score (nSPS) is 17.4. The molecule has 1 aliphatic heterocycles. The number of hydrogen-bond donors (Lipinski definition) is 3. The van der Waals surface area contributed by atoms with Gasteiger partial charge in [-0.3, -0.25) is 0 Å². The summed E-state index contributed by atoms with van der Waals surface area (Å²) in [7, 11) is 1.82. The van der Waals surface area contributed by atoms with Crippen molar-refractivity contribution >= 4 is 12.0 Å². The van der Waals surface area contributed by atoms with E-state index >= 15 is 0 Å². The number of amides is 2. The molecular formula is C12H18N4O4. The maximum absolute atomic E-state index is 11.9. The van der Waals surface area contributed by atoms with Crippen LogP contribution in [-0.4, -0.2) is 45.4 Å². The average Bonchev–Trinajstić information content (AvgIpc) is 2.83. The Hall–Kier alpha value is -2.09. The lowest BCUT2D eigenvalue weighted by molar-refractivity contribution is -0.148. The Kier molecular flexibility index (Phi) is 4.23. The third-order valence-corrected chi connectivity index (χ3v) is 3.44. The summed E-state index contributed by atoms with van der Waals surface area (Å²) in [6, 6.07) is -0.516. The van der Waals surface area contributed by atoms with Gasteiger partial charge in [0.2, 0.25) is 0 Å². The van der Waals surface area contributed by atoms with Crippen molar-refractivity contribution in [2.45, 2.75) is 24.9 Å². The van der Waals surface area contributed by atoms with E-state index in [4.69, 9.17) is 4.74 Å². The molecule has 2 heterocycles. The Morgan fingerprint density at radius 1 is 1.50 bits per heavy atom. The third kappa shape index (κ3) is 3.08. The van der Waals surface area contributed by atoms with Crippen molar-refractivity contribution in [3.05, 3.63) is 18.2 Å². The summed E-state index contributed by atoms with van der Waals surface area (Å²) >= 11 is 0. The van der Waals surface area contributed by atoms with Gasteiger partial charge >= 0.3 is 12.0 Å². The Morgan fingerprint density at radius 3 is 2.75 bits per heavy atom. The number of carboxylic acid groups (broad SMARTS) is 1. The molecule has 1 aliphatic rings. The number of carbonyl (C=O) groups is 2. The molecule has 8 nitrogen and oxygen atoms in total. The maximum Gasteiger partial charge on any atom is 0.329 e. The number of nitrogens with zero attached hydrogens (tertiary/aromatic N) is 2. The smallest absolute Gasteiger partial charge is 0.329 e. The Bertz CT molecular complexity index is 493. The van der Waals surface area contributed by atoms with Gasteiger partial charge in [-0.15, -0.1) is 0 Å². The number of urea groups is 1. The molecule has 8 heteroatoms. The molecular weight excluding hydrogens is 264 g/mol. The van der Waals surface area contributed by atoms with E-state index in [9.17, 15) is 14.7 Å². The lowest BCUT2D eigenvalue weighted by atomic mass is 9.90. The highest BCUT2D eigenvalue weighted by molar-refractivity contribution is 5.86. The van der Waals surface area contributed by atoms with E-state index in [1.807, 2.05) is 7.05 Å². The minimum Gasteiger partial charge on any atom is -0.480 e.